The monoisotopic (exact) mass is 470 g/mol. The van der Waals surface area contributed by atoms with Crippen LogP contribution in [0, 0.1) is 5.41 Å². The minimum atomic E-state index is -1.11. The molecule has 0 amide bonds. The molecule has 0 bridgehead atoms. The van der Waals surface area contributed by atoms with E-state index in [1.807, 2.05) is 27.7 Å². The largest absolute Gasteiger partial charge is 0.478 e. The van der Waals surface area contributed by atoms with E-state index in [2.05, 4.69) is 26.3 Å². The van der Waals surface area contributed by atoms with Crippen LogP contribution in [0.15, 0.2) is 74.9 Å². The Morgan fingerprint density at radius 1 is 0.636 bits per heavy atom. The maximum atomic E-state index is 10.3. The fraction of sp³-hybridized carbons (Fsp3) is 0.360. The molecule has 1 rings (SSSR count). The molecule has 0 aliphatic heterocycles. The van der Waals surface area contributed by atoms with Gasteiger partial charge in [0.1, 0.15) is 0 Å². The Morgan fingerprint density at radius 2 is 0.788 bits per heavy atom. The number of carboxylic acids is 2. The number of allylic oxidation sites excluding steroid dienone is 4. The average Bonchev–Trinajstić information content (AvgIpc) is 2.78. The lowest BCUT2D eigenvalue weighted by Gasteiger charge is -2.23. The van der Waals surface area contributed by atoms with Crippen molar-refractivity contribution < 1.29 is 40.2 Å². The molecule has 0 aromatic heterocycles. The Labute approximate surface area is 198 Å². The van der Waals surface area contributed by atoms with Crippen LogP contribution in [0.5, 0.6) is 0 Å². The van der Waals surface area contributed by atoms with Crippen molar-refractivity contribution in [3.63, 3.8) is 0 Å². The maximum absolute atomic E-state index is 10.3. The molecule has 0 fully saturated rings. The fourth-order valence-corrected chi connectivity index (χ4v) is 1.06. The van der Waals surface area contributed by atoms with Crippen LogP contribution >= 0.6 is 0 Å². The molecule has 1 aromatic carbocycles. The summed E-state index contributed by atoms with van der Waals surface area (Å²) < 4.78 is 0. The van der Waals surface area contributed by atoms with Gasteiger partial charge < -0.3 is 30.6 Å². The van der Waals surface area contributed by atoms with E-state index in [1.165, 1.54) is 24.3 Å². The smallest absolute Gasteiger partial charge is 0.335 e. The highest BCUT2D eigenvalue weighted by Crippen LogP contribution is 2.11. The van der Waals surface area contributed by atoms with Crippen LogP contribution in [0.4, 0.5) is 0 Å². The fourth-order valence-electron chi connectivity index (χ4n) is 1.06. The molecule has 6 N–H and O–H groups in total. The Morgan fingerprint density at radius 3 is 0.848 bits per heavy atom. The quantitative estimate of drug-likeness (QED) is 0.343. The summed E-state index contributed by atoms with van der Waals surface area (Å²) in [6.07, 6.45) is 7.00. The van der Waals surface area contributed by atoms with Crippen LogP contribution in [0.2, 0.25) is 0 Å². The van der Waals surface area contributed by atoms with Gasteiger partial charge in [-0.25, -0.2) is 9.59 Å². The predicted octanol–water partition coefficient (Wildman–Crippen LogP) is 3.79. The summed E-state index contributed by atoms with van der Waals surface area (Å²) >= 11 is 0. The third-order valence-corrected chi connectivity index (χ3v) is 2.72. The molecule has 8 nitrogen and oxygen atoms in total. The van der Waals surface area contributed by atoms with E-state index < -0.39 is 43.8 Å². The second kappa shape index (κ2) is 31.1. The first-order valence-electron chi connectivity index (χ1n) is 9.80. The van der Waals surface area contributed by atoms with Crippen molar-refractivity contribution in [3.8, 4) is 0 Å². The Bertz CT molecular complexity index is 543. The number of hydrogen-bond acceptors (Lipinski definition) is 6. The van der Waals surface area contributed by atoms with Crippen LogP contribution in [0.3, 0.4) is 0 Å². The molecular formula is C25H42O8. The number of carboxylic acid groups (broad SMARTS) is 2. The van der Waals surface area contributed by atoms with Gasteiger partial charge in [0.15, 0.2) is 0 Å². The Kier molecular flexibility index (Phi) is 38.1. The second-order valence-electron chi connectivity index (χ2n) is 5.95. The van der Waals surface area contributed by atoms with Crippen molar-refractivity contribution in [1.29, 1.82) is 0 Å². The molecule has 0 saturated carbocycles. The molecule has 8 heteroatoms. The summed E-state index contributed by atoms with van der Waals surface area (Å²) in [6.45, 7) is 19.4. The summed E-state index contributed by atoms with van der Waals surface area (Å²) in [6, 6.07) is 5.02. The lowest BCUT2D eigenvalue weighted by Crippen LogP contribution is -2.37. The molecule has 0 atom stereocenters. The number of rotatable bonds is 6. The van der Waals surface area contributed by atoms with Gasteiger partial charge in [-0.05, 0) is 52.0 Å². The minimum Gasteiger partial charge on any atom is -0.478 e. The van der Waals surface area contributed by atoms with Gasteiger partial charge in [-0.2, -0.15) is 0 Å². The van der Waals surface area contributed by atoms with Gasteiger partial charge in [0.25, 0.3) is 0 Å². The summed E-state index contributed by atoms with van der Waals surface area (Å²) in [5.41, 5.74) is -0.944. The number of aromatic carboxylic acids is 2. The highest BCUT2D eigenvalue weighted by molar-refractivity contribution is 5.91. The van der Waals surface area contributed by atoms with Gasteiger partial charge in [0, 0.05) is 0 Å². The van der Waals surface area contributed by atoms with Crippen LogP contribution < -0.4 is 0 Å². The molecule has 33 heavy (non-hydrogen) atoms. The highest BCUT2D eigenvalue weighted by Gasteiger charge is 2.26. The SMILES string of the molecule is C=CC.C=CC.C=CC.C=CC.O=C(O)c1ccc(C(=O)O)cc1.OCC(CO)(CO)CO. The first-order valence-corrected chi connectivity index (χ1v) is 9.80. The van der Waals surface area contributed by atoms with E-state index in [-0.39, 0.29) is 11.1 Å². The average molecular weight is 471 g/mol. The molecule has 1 aromatic rings. The first kappa shape index (κ1) is 40.3. The molecule has 0 saturated heterocycles. The molecular weight excluding hydrogens is 428 g/mol. The van der Waals surface area contributed by atoms with E-state index in [9.17, 15) is 9.59 Å². The van der Waals surface area contributed by atoms with Crippen LogP contribution in [0.1, 0.15) is 48.4 Å². The number of aliphatic hydroxyl groups is 4. The summed E-state index contributed by atoms with van der Waals surface area (Å²) in [5, 5.41) is 50.9. The van der Waals surface area contributed by atoms with Crippen molar-refractivity contribution in [2.24, 2.45) is 5.41 Å². The van der Waals surface area contributed by atoms with Crippen molar-refractivity contribution in [2.75, 3.05) is 26.4 Å². The molecule has 0 unspecified atom stereocenters. The molecule has 0 spiro atoms. The number of carbonyl (C=O) groups is 2. The lowest BCUT2D eigenvalue weighted by atomic mass is 9.93. The van der Waals surface area contributed by atoms with Gasteiger partial charge in [0.05, 0.1) is 43.0 Å². The molecule has 0 aliphatic rings. The standard InChI is InChI=1S/C8H6O4.C5H12O4.4C3H6/c9-7(10)5-1-2-6(4-3-5)8(11)12;6-1-5(2-7,3-8)4-9;4*1-3-2/h1-4H,(H,9,10)(H,11,12);6-9H,1-4H2;4*3H,1H2,2H3. The van der Waals surface area contributed by atoms with Crippen molar-refractivity contribution in [3.05, 3.63) is 86.0 Å². The number of hydrogen-bond donors (Lipinski definition) is 6. The molecule has 0 heterocycles. The Hall–Kier alpha value is -3.04. The van der Waals surface area contributed by atoms with Crippen LogP contribution in [0.25, 0.3) is 0 Å². The zero-order chi connectivity index (χ0) is 27.3. The third-order valence-electron chi connectivity index (χ3n) is 2.72. The molecule has 190 valence electrons. The van der Waals surface area contributed by atoms with Crippen molar-refractivity contribution >= 4 is 11.9 Å². The summed E-state index contributed by atoms with van der Waals surface area (Å²) in [5.74, 6) is -2.13. The van der Waals surface area contributed by atoms with Crippen LogP contribution in [-0.2, 0) is 0 Å². The number of benzene rings is 1. The maximum Gasteiger partial charge on any atom is 0.335 e. The topological polar surface area (TPSA) is 156 Å². The van der Waals surface area contributed by atoms with Gasteiger partial charge in [-0.15, -0.1) is 26.3 Å². The van der Waals surface area contributed by atoms with Gasteiger partial charge in [0.2, 0.25) is 0 Å². The second-order valence-corrected chi connectivity index (χ2v) is 5.95. The first-order chi connectivity index (χ1) is 15.5. The summed E-state index contributed by atoms with van der Waals surface area (Å²) in [7, 11) is 0. The highest BCUT2D eigenvalue weighted by atomic mass is 16.4. The van der Waals surface area contributed by atoms with Gasteiger partial charge in [-0.3, -0.25) is 0 Å². The van der Waals surface area contributed by atoms with Crippen molar-refractivity contribution in [2.45, 2.75) is 27.7 Å². The normalized spacial score (nSPS) is 8.24. The van der Waals surface area contributed by atoms with Gasteiger partial charge in [-0.1, -0.05) is 24.3 Å². The minimum absolute atomic E-state index is 0.0833. The van der Waals surface area contributed by atoms with Gasteiger partial charge >= 0.3 is 11.9 Å². The molecule has 0 aliphatic carbocycles. The zero-order valence-electron chi connectivity index (χ0n) is 20.3. The molecule has 0 radical (unpaired) electrons. The number of aliphatic hydroxyl groups excluding tert-OH is 4. The summed E-state index contributed by atoms with van der Waals surface area (Å²) in [4.78, 5) is 20.7. The van der Waals surface area contributed by atoms with E-state index in [4.69, 9.17) is 30.6 Å². The van der Waals surface area contributed by atoms with E-state index in [0.717, 1.165) is 0 Å². The predicted molar refractivity (Wildman–Crippen MR) is 135 cm³/mol. The van der Waals surface area contributed by atoms with Crippen LogP contribution in [-0.4, -0.2) is 69.0 Å². The van der Waals surface area contributed by atoms with E-state index >= 15 is 0 Å². The van der Waals surface area contributed by atoms with Crippen molar-refractivity contribution in [1.82, 2.24) is 0 Å². The Balaban J connectivity index is -0.000000109. The zero-order valence-corrected chi connectivity index (χ0v) is 20.3. The third kappa shape index (κ3) is 29.0. The van der Waals surface area contributed by atoms with E-state index in [0.29, 0.717) is 0 Å². The van der Waals surface area contributed by atoms with E-state index in [1.54, 1.807) is 24.3 Å². The lowest BCUT2D eigenvalue weighted by molar-refractivity contribution is -0.0328.